The number of aryl methyl sites for hydroxylation is 1. The normalized spacial score (nSPS) is 10.7. The molecule has 0 saturated heterocycles. The summed E-state index contributed by atoms with van der Waals surface area (Å²) in [5.74, 6) is 0.587. The van der Waals surface area contributed by atoms with Gasteiger partial charge in [-0.1, -0.05) is 13.0 Å². The minimum atomic E-state index is -0.496. The molecule has 0 aliphatic heterocycles. The Kier molecular flexibility index (Phi) is 5.30. The summed E-state index contributed by atoms with van der Waals surface area (Å²) >= 11 is 0. The van der Waals surface area contributed by atoms with Crippen molar-refractivity contribution in [2.45, 2.75) is 26.8 Å². The highest BCUT2D eigenvalue weighted by Crippen LogP contribution is 2.22. The van der Waals surface area contributed by atoms with E-state index in [-0.39, 0.29) is 35.5 Å². The van der Waals surface area contributed by atoms with Gasteiger partial charge in [-0.3, -0.25) is 14.9 Å². The fourth-order valence-corrected chi connectivity index (χ4v) is 2.62. The monoisotopic (exact) mass is 370 g/mol. The van der Waals surface area contributed by atoms with Crippen molar-refractivity contribution in [1.82, 2.24) is 15.1 Å². The van der Waals surface area contributed by atoms with E-state index in [0.29, 0.717) is 24.3 Å². The van der Waals surface area contributed by atoms with Crippen LogP contribution in [0, 0.1) is 17.0 Å². The quantitative estimate of drug-likeness (QED) is 0.461. The first-order valence-electron chi connectivity index (χ1n) is 8.40. The van der Waals surface area contributed by atoms with Crippen LogP contribution in [0.2, 0.25) is 0 Å². The second-order valence-electron chi connectivity index (χ2n) is 5.96. The van der Waals surface area contributed by atoms with Crippen LogP contribution in [0.4, 0.5) is 5.69 Å². The van der Waals surface area contributed by atoms with E-state index in [2.05, 4.69) is 10.2 Å². The molecule has 0 aliphatic carbocycles. The van der Waals surface area contributed by atoms with Crippen LogP contribution in [0.25, 0.3) is 11.7 Å². The molecule has 0 N–H and O–H groups in total. The van der Waals surface area contributed by atoms with Gasteiger partial charge in [-0.25, -0.2) is 0 Å². The summed E-state index contributed by atoms with van der Waals surface area (Å²) in [7, 11) is 0. The SMILES string of the molecule is CCCN(Cc1nnc(-c2ccco2)o1)C(=O)c1ccc(C)c([N+](=O)[O-])c1. The van der Waals surface area contributed by atoms with Gasteiger partial charge in [-0.15, -0.1) is 10.2 Å². The summed E-state index contributed by atoms with van der Waals surface area (Å²) in [5, 5.41) is 19.0. The van der Waals surface area contributed by atoms with Gasteiger partial charge in [0.2, 0.25) is 5.89 Å². The number of nitrogens with zero attached hydrogens (tertiary/aromatic N) is 4. The highest BCUT2D eigenvalue weighted by Gasteiger charge is 2.22. The lowest BCUT2D eigenvalue weighted by atomic mass is 10.1. The molecule has 140 valence electrons. The molecule has 0 radical (unpaired) electrons. The maximum atomic E-state index is 12.9. The Balaban J connectivity index is 1.82. The third kappa shape index (κ3) is 4.02. The second kappa shape index (κ2) is 7.81. The molecule has 0 saturated carbocycles. The summed E-state index contributed by atoms with van der Waals surface area (Å²) in [6.07, 6.45) is 2.20. The van der Waals surface area contributed by atoms with Gasteiger partial charge >= 0.3 is 0 Å². The van der Waals surface area contributed by atoms with Gasteiger partial charge in [0.25, 0.3) is 17.5 Å². The zero-order valence-electron chi connectivity index (χ0n) is 14.9. The molecule has 0 spiro atoms. The number of aromatic nitrogens is 2. The number of nitro groups is 1. The number of hydrogen-bond donors (Lipinski definition) is 0. The Bertz CT molecular complexity index is 949. The number of nitro benzene ring substituents is 1. The lowest BCUT2D eigenvalue weighted by Gasteiger charge is -2.20. The van der Waals surface area contributed by atoms with E-state index in [1.54, 1.807) is 31.2 Å². The predicted molar refractivity (Wildman–Crippen MR) is 94.9 cm³/mol. The number of rotatable bonds is 7. The van der Waals surface area contributed by atoms with Gasteiger partial charge in [0.05, 0.1) is 17.7 Å². The van der Waals surface area contributed by atoms with Crippen LogP contribution in [0.15, 0.2) is 45.4 Å². The maximum absolute atomic E-state index is 12.9. The largest absolute Gasteiger partial charge is 0.459 e. The van der Waals surface area contributed by atoms with Gasteiger partial charge in [0.15, 0.2) is 5.76 Å². The van der Waals surface area contributed by atoms with Gasteiger partial charge in [-0.2, -0.15) is 0 Å². The second-order valence-corrected chi connectivity index (χ2v) is 5.96. The third-order valence-electron chi connectivity index (χ3n) is 3.96. The third-order valence-corrected chi connectivity index (χ3v) is 3.96. The average molecular weight is 370 g/mol. The molecule has 0 aliphatic rings. The molecular formula is C18H18N4O5. The molecule has 0 atom stereocenters. The summed E-state index contributed by atoms with van der Waals surface area (Å²) in [5.41, 5.74) is 0.653. The molecule has 9 heteroatoms. The zero-order chi connectivity index (χ0) is 19.4. The van der Waals surface area contributed by atoms with E-state index < -0.39 is 4.92 Å². The Hall–Kier alpha value is -3.49. The molecule has 1 aromatic carbocycles. The average Bonchev–Trinajstić information content (AvgIpc) is 3.32. The minimum Gasteiger partial charge on any atom is -0.459 e. The Morgan fingerprint density at radius 1 is 1.30 bits per heavy atom. The lowest BCUT2D eigenvalue weighted by Crippen LogP contribution is -2.31. The first-order valence-corrected chi connectivity index (χ1v) is 8.40. The van der Waals surface area contributed by atoms with Crippen LogP contribution in [0.5, 0.6) is 0 Å². The van der Waals surface area contributed by atoms with Crippen molar-refractivity contribution < 1.29 is 18.6 Å². The number of carbonyl (C=O) groups excluding carboxylic acids is 1. The first-order chi connectivity index (χ1) is 13.0. The first kappa shape index (κ1) is 18.3. The Morgan fingerprint density at radius 2 is 2.11 bits per heavy atom. The number of amides is 1. The molecule has 9 nitrogen and oxygen atoms in total. The van der Waals surface area contributed by atoms with Crippen LogP contribution < -0.4 is 0 Å². The molecule has 27 heavy (non-hydrogen) atoms. The lowest BCUT2D eigenvalue weighted by molar-refractivity contribution is -0.385. The van der Waals surface area contributed by atoms with Gasteiger partial charge < -0.3 is 13.7 Å². The molecular weight excluding hydrogens is 352 g/mol. The van der Waals surface area contributed by atoms with Crippen LogP contribution in [0.3, 0.4) is 0 Å². The maximum Gasteiger partial charge on any atom is 0.283 e. The van der Waals surface area contributed by atoms with E-state index in [4.69, 9.17) is 8.83 Å². The van der Waals surface area contributed by atoms with Crippen molar-refractivity contribution in [3.05, 3.63) is 63.7 Å². The van der Waals surface area contributed by atoms with E-state index in [1.165, 1.54) is 17.2 Å². The van der Waals surface area contributed by atoms with Gasteiger partial charge in [0, 0.05) is 23.7 Å². The van der Waals surface area contributed by atoms with Crippen LogP contribution in [0.1, 0.15) is 35.2 Å². The topological polar surface area (TPSA) is 116 Å². The fraction of sp³-hybridized carbons (Fsp3) is 0.278. The molecule has 0 unspecified atom stereocenters. The highest BCUT2D eigenvalue weighted by atomic mass is 16.6. The summed E-state index contributed by atoms with van der Waals surface area (Å²) in [4.78, 5) is 25.0. The standard InChI is InChI=1S/C18H18N4O5/c1-3-8-21(11-16-19-20-17(27-16)15-5-4-9-26-15)18(23)13-7-6-12(2)14(10-13)22(24)25/h4-7,9-10H,3,8,11H2,1-2H3. The van der Waals surface area contributed by atoms with Crippen LogP contribution in [-0.2, 0) is 6.54 Å². The zero-order valence-corrected chi connectivity index (χ0v) is 14.9. The minimum absolute atomic E-state index is 0.0878. The van der Waals surface area contributed by atoms with E-state index in [1.807, 2.05) is 6.92 Å². The molecule has 2 aromatic heterocycles. The molecule has 2 heterocycles. The summed E-state index contributed by atoms with van der Waals surface area (Å²) < 4.78 is 10.8. The van der Waals surface area contributed by atoms with Crippen molar-refractivity contribution in [2.24, 2.45) is 0 Å². The number of furan rings is 1. The molecule has 3 rings (SSSR count). The van der Waals surface area contributed by atoms with Crippen molar-refractivity contribution >= 4 is 11.6 Å². The van der Waals surface area contributed by atoms with Crippen molar-refractivity contribution in [2.75, 3.05) is 6.54 Å². The van der Waals surface area contributed by atoms with E-state index in [9.17, 15) is 14.9 Å². The van der Waals surface area contributed by atoms with Gasteiger partial charge in [-0.05, 0) is 31.5 Å². The molecule has 1 amide bonds. The summed E-state index contributed by atoms with van der Waals surface area (Å²) in [6.45, 7) is 4.10. The van der Waals surface area contributed by atoms with Crippen molar-refractivity contribution in [1.29, 1.82) is 0 Å². The number of hydrogen-bond acceptors (Lipinski definition) is 7. The Morgan fingerprint density at radius 3 is 2.78 bits per heavy atom. The Labute approximate surface area is 154 Å². The van der Waals surface area contributed by atoms with Gasteiger partial charge in [0.1, 0.15) is 0 Å². The number of benzene rings is 1. The van der Waals surface area contributed by atoms with Crippen molar-refractivity contribution in [3.63, 3.8) is 0 Å². The number of carbonyl (C=O) groups is 1. The van der Waals surface area contributed by atoms with Crippen LogP contribution in [-0.4, -0.2) is 32.5 Å². The van der Waals surface area contributed by atoms with Crippen molar-refractivity contribution in [3.8, 4) is 11.7 Å². The van der Waals surface area contributed by atoms with Crippen LogP contribution >= 0.6 is 0 Å². The molecule has 3 aromatic rings. The predicted octanol–water partition coefficient (Wildman–Crippen LogP) is 3.60. The fourth-order valence-electron chi connectivity index (χ4n) is 2.62. The smallest absolute Gasteiger partial charge is 0.283 e. The van der Waals surface area contributed by atoms with E-state index in [0.717, 1.165) is 0 Å². The molecule has 0 fully saturated rings. The highest BCUT2D eigenvalue weighted by molar-refractivity contribution is 5.95. The molecule has 0 bridgehead atoms. The summed E-state index contributed by atoms with van der Waals surface area (Å²) in [6, 6.07) is 7.84. The van der Waals surface area contributed by atoms with E-state index >= 15 is 0 Å².